The molecule has 0 bridgehead atoms. The lowest BCUT2D eigenvalue weighted by atomic mass is 10.0. The van der Waals surface area contributed by atoms with Gasteiger partial charge in [0, 0.05) is 0 Å². The van der Waals surface area contributed by atoms with E-state index in [9.17, 15) is 0 Å². The molecule has 1 fully saturated rings. The van der Waals surface area contributed by atoms with Crippen LogP contribution in [0.5, 0.6) is 0 Å². The summed E-state index contributed by atoms with van der Waals surface area (Å²) in [6, 6.07) is 0. The van der Waals surface area contributed by atoms with E-state index in [1.165, 1.54) is 0 Å². The van der Waals surface area contributed by atoms with E-state index in [1.807, 2.05) is 0 Å². The predicted octanol–water partition coefficient (Wildman–Crippen LogP) is 1.11. The molecule has 1 aliphatic heterocycles. The van der Waals surface area contributed by atoms with Gasteiger partial charge in [0.05, 0.1) is 6.54 Å². The minimum atomic E-state index is 0. The van der Waals surface area contributed by atoms with Gasteiger partial charge in [-0.2, -0.15) is 5.48 Å². The highest BCUT2D eigenvalue weighted by Crippen LogP contribution is 2.18. The van der Waals surface area contributed by atoms with Gasteiger partial charge in [-0.25, -0.2) is 0 Å². The average molecular weight is 138 g/mol. The quantitative estimate of drug-likeness (QED) is 0.585. The van der Waals surface area contributed by atoms with Gasteiger partial charge in [-0.15, -0.1) is 12.4 Å². The molecule has 0 aromatic rings. The molecular weight excluding hydrogens is 126 g/mol. The van der Waals surface area contributed by atoms with Crippen molar-refractivity contribution in [3.05, 3.63) is 0 Å². The smallest absolute Gasteiger partial charge is 0.101 e. The first-order chi connectivity index (χ1) is 3.27. The Balaban J connectivity index is 0.000000490. The van der Waals surface area contributed by atoms with E-state index in [0.29, 0.717) is 0 Å². The third-order valence-corrected chi connectivity index (χ3v) is 1.51. The van der Waals surface area contributed by atoms with Crippen molar-refractivity contribution in [3.8, 4) is 0 Å². The fourth-order valence-electron chi connectivity index (χ4n) is 0.516. The highest BCUT2D eigenvalue weighted by atomic mass is 35.5. The predicted molar refractivity (Wildman–Crippen MR) is 35.0 cm³/mol. The number of nitrogens with one attached hydrogen (secondary N) is 1. The third kappa shape index (κ3) is 1.34. The van der Waals surface area contributed by atoms with Crippen LogP contribution in [0.1, 0.15) is 20.3 Å². The van der Waals surface area contributed by atoms with Gasteiger partial charge in [0.25, 0.3) is 0 Å². The van der Waals surface area contributed by atoms with Crippen molar-refractivity contribution >= 4 is 12.4 Å². The lowest BCUT2D eigenvalue weighted by Crippen LogP contribution is -2.54. The summed E-state index contributed by atoms with van der Waals surface area (Å²) in [4.78, 5) is 5.02. The van der Waals surface area contributed by atoms with Crippen molar-refractivity contribution in [2.45, 2.75) is 25.9 Å². The highest BCUT2D eigenvalue weighted by molar-refractivity contribution is 5.85. The lowest BCUT2D eigenvalue weighted by molar-refractivity contribution is -0.194. The third-order valence-electron chi connectivity index (χ3n) is 1.51. The molecule has 0 amide bonds. The maximum absolute atomic E-state index is 5.02. The van der Waals surface area contributed by atoms with Crippen molar-refractivity contribution in [2.24, 2.45) is 0 Å². The van der Waals surface area contributed by atoms with Crippen molar-refractivity contribution in [3.63, 3.8) is 0 Å². The fraction of sp³-hybridized carbons (Fsp3) is 1.00. The Morgan fingerprint density at radius 1 is 1.75 bits per heavy atom. The zero-order chi connectivity index (χ0) is 5.33. The van der Waals surface area contributed by atoms with E-state index < -0.39 is 0 Å². The van der Waals surface area contributed by atoms with Crippen LogP contribution in [0.15, 0.2) is 0 Å². The summed E-state index contributed by atoms with van der Waals surface area (Å²) < 4.78 is 0. The van der Waals surface area contributed by atoms with E-state index in [1.54, 1.807) is 0 Å². The van der Waals surface area contributed by atoms with E-state index in [0.717, 1.165) is 13.0 Å². The summed E-state index contributed by atoms with van der Waals surface area (Å²) in [7, 11) is 0. The van der Waals surface area contributed by atoms with E-state index in [4.69, 9.17) is 4.84 Å². The van der Waals surface area contributed by atoms with Crippen molar-refractivity contribution in [2.75, 3.05) is 6.54 Å². The first-order valence-corrected chi connectivity index (χ1v) is 2.68. The van der Waals surface area contributed by atoms with Gasteiger partial charge in [0.2, 0.25) is 0 Å². The molecule has 3 heteroatoms. The second kappa shape index (κ2) is 2.67. The van der Waals surface area contributed by atoms with Gasteiger partial charge < -0.3 is 0 Å². The van der Waals surface area contributed by atoms with Crippen LogP contribution in [0.25, 0.3) is 0 Å². The van der Waals surface area contributed by atoms with Crippen LogP contribution >= 0.6 is 12.4 Å². The number of rotatable bonds is 1. The highest BCUT2D eigenvalue weighted by Gasteiger charge is 2.30. The molecule has 0 aromatic heterocycles. The molecule has 1 unspecified atom stereocenters. The van der Waals surface area contributed by atoms with Crippen LogP contribution in [0.4, 0.5) is 0 Å². The molecule has 1 N–H and O–H groups in total. The van der Waals surface area contributed by atoms with Gasteiger partial charge in [0.1, 0.15) is 5.60 Å². The zero-order valence-corrected chi connectivity index (χ0v) is 6.05. The van der Waals surface area contributed by atoms with Gasteiger partial charge >= 0.3 is 0 Å². The summed E-state index contributed by atoms with van der Waals surface area (Å²) in [5.41, 5.74) is 2.91. The molecule has 50 valence electrons. The second-order valence-corrected chi connectivity index (χ2v) is 2.23. The summed E-state index contributed by atoms with van der Waals surface area (Å²) in [5.74, 6) is 0. The van der Waals surface area contributed by atoms with Crippen molar-refractivity contribution < 1.29 is 4.84 Å². The molecule has 1 rings (SSSR count). The minimum absolute atomic E-state index is 0. The molecule has 8 heavy (non-hydrogen) atoms. The van der Waals surface area contributed by atoms with E-state index in [-0.39, 0.29) is 18.0 Å². The maximum Gasteiger partial charge on any atom is 0.101 e. The van der Waals surface area contributed by atoms with Crippen LogP contribution in [0.2, 0.25) is 0 Å². The number of halogens is 1. The average Bonchev–Trinajstić information content (AvgIpc) is 1.61. The zero-order valence-electron chi connectivity index (χ0n) is 5.23. The Labute approximate surface area is 56.0 Å². The Hall–Kier alpha value is 0.210. The van der Waals surface area contributed by atoms with Gasteiger partial charge in [-0.05, 0) is 13.3 Å². The number of hydrogen-bond donors (Lipinski definition) is 1. The molecule has 0 saturated carbocycles. The van der Waals surface area contributed by atoms with Crippen LogP contribution in [-0.4, -0.2) is 12.1 Å². The number of hydroxylamine groups is 1. The summed E-state index contributed by atoms with van der Waals surface area (Å²) in [5, 5.41) is 0. The maximum atomic E-state index is 5.02. The Bertz CT molecular complexity index is 67.3. The molecule has 0 radical (unpaired) electrons. The Kier molecular flexibility index (Phi) is 2.74. The molecule has 0 aromatic carbocycles. The monoisotopic (exact) mass is 137 g/mol. The molecule has 1 saturated heterocycles. The molecule has 1 atom stereocenters. The van der Waals surface area contributed by atoms with Gasteiger partial charge in [-0.1, -0.05) is 6.92 Å². The topological polar surface area (TPSA) is 21.3 Å². The van der Waals surface area contributed by atoms with E-state index >= 15 is 0 Å². The second-order valence-electron chi connectivity index (χ2n) is 2.23. The first-order valence-electron chi connectivity index (χ1n) is 2.68. The number of hydrogen-bond acceptors (Lipinski definition) is 2. The van der Waals surface area contributed by atoms with Gasteiger partial charge in [0.15, 0.2) is 0 Å². The molecule has 2 nitrogen and oxygen atoms in total. The summed E-state index contributed by atoms with van der Waals surface area (Å²) in [6.45, 7) is 5.23. The van der Waals surface area contributed by atoms with Gasteiger partial charge in [-0.3, -0.25) is 4.84 Å². The normalized spacial score (nSPS) is 35.2. The lowest BCUT2D eigenvalue weighted by Gasteiger charge is -2.37. The van der Waals surface area contributed by atoms with Crippen molar-refractivity contribution in [1.29, 1.82) is 0 Å². The van der Waals surface area contributed by atoms with Crippen LogP contribution in [0.3, 0.4) is 0 Å². The van der Waals surface area contributed by atoms with Crippen molar-refractivity contribution in [1.82, 2.24) is 5.48 Å². The fourth-order valence-corrected chi connectivity index (χ4v) is 0.516. The first kappa shape index (κ1) is 8.21. The molecule has 0 spiro atoms. The summed E-state index contributed by atoms with van der Waals surface area (Å²) in [6.07, 6.45) is 1.10. The molecule has 1 heterocycles. The molecular formula is C5H12ClNO. The van der Waals surface area contributed by atoms with Crippen LogP contribution in [0, 0.1) is 0 Å². The molecule has 0 aliphatic carbocycles. The Morgan fingerprint density at radius 2 is 2.25 bits per heavy atom. The molecule has 1 aliphatic rings. The minimum Gasteiger partial charge on any atom is -0.294 e. The van der Waals surface area contributed by atoms with E-state index in [2.05, 4.69) is 19.3 Å². The van der Waals surface area contributed by atoms with Crippen LogP contribution < -0.4 is 5.48 Å². The standard InChI is InChI=1S/C5H11NO.ClH/c1-3-5(2)4-6-7-5;/h6H,3-4H2,1-2H3;1H. The van der Waals surface area contributed by atoms with Crippen LogP contribution in [-0.2, 0) is 4.84 Å². The Morgan fingerprint density at radius 3 is 2.25 bits per heavy atom. The SMILES string of the molecule is CCC1(C)CNO1.Cl. The largest absolute Gasteiger partial charge is 0.294 e. The summed E-state index contributed by atoms with van der Waals surface area (Å²) >= 11 is 0.